The van der Waals surface area contributed by atoms with Crippen LogP contribution >= 0.6 is 0 Å². The first-order valence-electron chi connectivity index (χ1n) is 7.48. The van der Waals surface area contributed by atoms with Gasteiger partial charge in [0.25, 0.3) is 0 Å². The van der Waals surface area contributed by atoms with E-state index in [2.05, 4.69) is 5.32 Å². The van der Waals surface area contributed by atoms with E-state index in [1.165, 1.54) is 7.11 Å². The Morgan fingerprint density at radius 2 is 1.75 bits per heavy atom. The molecule has 0 bridgehead atoms. The lowest BCUT2D eigenvalue weighted by atomic mass is 9.78. The third-order valence-electron chi connectivity index (χ3n) is 3.46. The fourth-order valence-electron chi connectivity index (χ4n) is 2.18. The Morgan fingerprint density at radius 1 is 1.17 bits per heavy atom. The molecule has 1 aromatic carbocycles. The fraction of sp³-hybridized carbons (Fsp3) is 0.529. The van der Waals surface area contributed by atoms with Crippen LogP contribution < -0.4 is 10.1 Å². The van der Waals surface area contributed by atoms with Gasteiger partial charge < -0.3 is 19.7 Å². The van der Waals surface area contributed by atoms with Crippen LogP contribution in [0, 0.1) is 0 Å². The van der Waals surface area contributed by atoms with Gasteiger partial charge in [-0.1, -0.05) is 19.9 Å². The van der Waals surface area contributed by atoms with Crippen LogP contribution in [0.5, 0.6) is 5.75 Å². The number of carboxylic acids is 1. The highest BCUT2D eigenvalue weighted by molar-refractivity contribution is 5.85. The first-order valence-corrected chi connectivity index (χ1v) is 7.48. The predicted octanol–water partition coefficient (Wildman–Crippen LogP) is 2.77. The summed E-state index contributed by atoms with van der Waals surface area (Å²) in [4.78, 5) is 22.9. The van der Waals surface area contributed by atoms with Gasteiger partial charge in [0, 0.05) is 22.7 Å². The van der Waals surface area contributed by atoms with Gasteiger partial charge in [-0.2, -0.15) is 0 Å². The summed E-state index contributed by atoms with van der Waals surface area (Å²) in [5.74, 6) is -0.966. The van der Waals surface area contributed by atoms with Gasteiger partial charge in [-0.05, 0) is 26.8 Å². The summed E-state index contributed by atoms with van der Waals surface area (Å²) in [6.07, 6.45) is -2.21. The molecule has 1 atom stereocenters. The van der Waals surface area contributed by atoms with E-state index >= 15 is 0 Å². The van der Waals surface area contributed by atoms with Crippen molar-refractivity contribution in [2.45, 2.75) is 51.7 Å². The van der Waals surface area contributed by atoms with Crippen LogP contribution in [-0.2, 0) is 14.9 Å². The first-order chi connectivity index (χ1) is 10.9. The maximum absolute atomic E-state index is 11.8. The Balaban J connectivity index is 3.09. The summed E-state index contributed by atoms with van der Waals surface area (Å²) in [5, 5.41) is 21.6. The van der Waals surface area contributed by atoms with E-state index < -0.39 is 29.2 Å². The van der Waals surface area contributed by atoms with Gasteiger partial charge in [0.1, 0.15) is 11.4 Å². The largest absolute Gasteiger partial charge is 0.496 e. The molecule has 7 heteroatoms. The van der Waals surface area contributed by atoms with Crippen LogP contribution in [0.15, 0.2) is 18.2 Å². The van der Waals surface area contributed by atoms with E-state index in [1.54, 1.807) is 52.8 Å². The number of carboxylic acid groups (broad SMARTS) is 1. The second-order valence-electron chi connectivity index (χ2n) is 7.00. The quantitative estimate of drug-likeness (QED) is 0.762. The molecule has 1 aromatic rings. The van der Waals surface area contributed by atoms with Crippen LogP contribution in [0.4, 0.5) is 10.5 Å². The maximum atomic E-state index is 11.8. The van der Waals surface area contributed by atoms with Gasteiger partial charge in [0.2, 0.25) is 0 Å². The van der Waals surface area contributed by atoms with Crippen molar-refractivity contribution in [2.75, 3.05) is 12.4 Å². The summed E-state index contributed by atoms with van der Waals surface area (Å²) in [7, 11) is 1.43. The fourth-order valence-corrected chi connectivity index (χ4v) is 2.18. The van der Waals surface area contributed by atoms with Crippen molar-refractivity contribution < 1.29 is 29.3 Å². The Bertz CT molecular complexity index is 618. The third kappa shape index (κ3) is 4.86. The van der Waals surface area contributed by atoms with Crippen molar-refractivity contribution in [1.29, 1.82) is 0 Å². The molecule has 1 unspecified atom stereocenters. The van der Waals surface area contributed by atoms with E-state index in [9.17, 15) is 14.7 Å². The van der Waals surface area contributed by atoms with Gasteiger partial charge in [0.15, 0.2) is 6.10 Å². The number of hydrogen-bond donors (Lipinski definition) is 3. The Morgan fingerprint density at radius 3 is 2.21 bits per heavy atom. The lowest BCUT2D eigenvalue weighted by molar-refractivity contribution is -0.150. The van der Waals surface area contributed by atoms with Crippen molar-refractivity contribution in [3.05, 3.63) is 23.8 Å². The minimum atomic E-state index is -1.60. The summed E-state index contributed by atoms with van der Waals surface area (Å²) in [6, 6.07) is 4.76. The maximum Gasteiger partial charge on any atom is 0.412 e. The number of aliphatic hydroxyl groups is 1. The zero-order valence-electron chi connectivity index (χ0n) is 14.8. The molecular formula is C17H25NO6. The van der Waals surface area contributed by atoms with Gasteiger partial charge in [0.05, 0.1) is 7.11 Å². The van der Waals surface area contributed by atoms with E-state index in [-0.39, 0.29) is 0 Å². The van der Waals surface area contributed by atoms with Crippen molar-refractivity contribution in [1.82, 2.24) is 0 Å². The molecule has 0 saturated heterocycles. The summed E-state index contributed by atoms with van der Waals surface area (Å²) >= 11 is 0. The normalized spacial score (nSPS) is 13.1. The number of benzene rings is 1. The lowest BCUT2D eigenvalue weighted by Crippen LogP contribution is -2.40. The standard InChI is InChI=1S/C17H25NO6/c1-16(2,3)24-15(22)18-10-7-8-11(12(9-10)23-6)17(4,5)13(19)14(20)21/h7-9,13,19H,1-6H3,(H,18,22)(H,20,21). The Hall–Kier alpha value is -2.28. The summed E-state index contributed by atoms with van der Waals surface area (Å²) in [6.45, 7) is 8.47. The van der Waals surface area contributed by atoms with Crippen LogP contribution in [-0.4, -0.2) is 41.1 Å². The topological polar surface area (TPSA) is 105 Å². The van der Waals surface area contributed by atoms with Gasteiger partial charge in [-0.25, -0.2) is 9.59 Å². The molecule has 134 valence electrons. The van der Waals surface area contributed by atoms with Crippen molar-refractivity contribution >= 4 is 17.7 Å². The second-order valence-corrected chi connectivity index (χ2v) is 7.00. The number of anilines is 1. The molecule has 0 aromatic heterocycles. The van der Waals surface area contributed by atoms with E-state index in [0.29, 0.717) is 17.0 Å². The number of aliphatic hydroxyl groups excluding tert-OH is 1. The SMILES string of the molecule is COc1cc(NC(=O)OC(C)(C)C)ccc1C(C)(C)C(O)C(=O)O. The lowest BCUT2D eigenvalue weighted by Gasteiger charge is -2.30. The zero-order valence-corrected chi connectivity index (χ0v) is 14.8. The van der Waals surface area contributed by atoms with Gasteiger partial charge in [-0.3, -0.25) is 5.32 Å². The molecular weight excluding hydrogens is 314 g/mol. The molecule has 1 amide bonds. The Kier molecular flexibility index (Phi) is 5.84. The number of methoxy groups -OCH3 is 1. The molecule has 3 N–H and O–H groups in total. The van der Waals surface area contributed by atoms with Crippen LogP contribution in [0.3, 0.4) is 0 Å². The monoisotopic (exact) mass is 339 g/mol. The molecule has 0 radical (unpaired) electrons. The number of nitrogens with one attached hydrogen (secondary N) is 1. The molecule has 0 spiro atoms. The number of amides is 1. The number of carbonyl (C=O) groups is 2. The number of aliphatic carboxylic acids is 1. The van der Waals surface area contributed by atoms with Crippen LogP contribution in [0.1, 0.15) is 40.2 Å². The predicted molar refractivity (Wildman–Crippen MR) is 89.5 cm³/mol. The summed E-state index contributed by atoms with van der Waals surface area (Å²) in [5.41, 5.74) is -0.760. The molecule has 7 nitrogen and oxygen atoms in total. The van der Waals surface area contributed by atoms with E-state index in [1.807, 2.05) is 0 Å². The third-order valence-corrected chi connectivity index (χ3v) is 3.46. The van der Waals surface area contributed by atoms with E-state index in [0.717, 1.165) is 0 Å². The molecule has 0 heterocycles. The first kappa shape index (κ1) is 19.8. The molecule has 0 saturated carbocycles. The van der Waals surface area contributed by atoms with Crippen LogP contribution in [0.25, 0.3) is 0 Å². The molecule has 24 heavy (non-hydrogen) atoms. The highest BCUT2D eigenvalue weighted by atomic mass is 16.6. The summed E-state index contributed by atoms with van der Waals surface area (Å²) < 4.78 is 10.5. The highest BCUT2D eigenvalue weighted by Crippen LogP contribution is 2.36. The number of ether oxygens (including phenoxy) is 2. The average Bonchev–Trinajstić information content (AvgIpc) is 2.43. The van der Waals surface area contributed by atoms with Gasteiger partial charge in [-0.15, -0.1) is 0 Å². The number of carbonyl (C=O) groups excluding carboxylic acids is 1. The average molecular weight is 339 g/mol. The number of rotatable bonds is 5. The van der Waals surface area contributed by atoms with Crippen molar-refractivity contribution in [2.24, 2.45) is 0 Å². The van der Waals surface area contributed by atoms with Crippen molar-refractivity contribution in [3.8, 4) is 5.75 Å². The minimum absolute atomic E-state index is 0.355. The second kappa shape index (κ2) is 7.09. The molecule has 0 fully saturated rings. The molecule has 0 aliphatic rings. The molecule has 0 aliphatic heterocycles. The zero-order chi connectivity index (χ0) is 18.7. The van der Waals surface area contributed by atoms with Crippen LogP contribution in [0.2, 0.25) is 0 Å². The number of hydrogen-bond acceptors (Lipinski definition) is 5. The van der Waals surface area contributed by atoms with Crippen molar-refractivity contribution in [3.63, 3.8) is 0 Å². The molecule has 1 rings (SSSR count). The Labute approximate surface area is 141 Å². The highest BCUT2D eigenvalue weighted by Gasteiger charge is 2.37. The van der Waals surface area contributed by atoms with Gasteiger partial charge >= 0.3 is 12.1 Å². The molecule has 0 aliphatic carbocycles. The van der Waals surface area contributed by atoms with E-state index in [4.69, 9.17) is 14.6 Å². The minimum Gasteiger partial charge on any atom is -0.496 e. The smallest absolute Gasteiger partial charge is 0.412 e.